The molecule has 164 valence electrons. The van der Waals surface area contributed by atoms with Gasteiger partial charge in [0, 0.05) is 25.1 Å². The smallest absolute Gasteiger partial charge is 0.311 e. The molecule has 1 aliphatic heterocycles. The summed E-state index contributed by atoms with van der Waals surface area (Å²) in [6.45, 7) is 1.99. The van der Waals surface area contributed by atoms with Gasteiger partial charge in [-0.25, -0.2) is 0 Å². The van der Waals surface area contributed by atoms with Crippen molar-refractivity contribution in [1.29, 1.82) is 0 Å². The van der Waals surface area contributed by atoms with Gasteiger partial charge in [-0.05, 0) is 30.9 Å². The van der Waals surface area contributed by atoms with Crippen molar-refractivity contribution in [1.82, 2.24) is 5.32 Å². The molecule has 8 nitrogen and oxygen atoms in total. The maximum atomic E-state index is 12.5. The van der Waals surface area contributed by atoms with E-state index in [0.29, 0.717) is 23.1 Å². The number of anilines is 1. The molecule has 0 unspecified atom stereocenters. The Labute approximate surface area is 176 Å². The average Bonchev–Trinajstić information content (AvgIpc) is 3.14. The van der Waals surface area contributed by atoms with Crippen LogP contribution in [0.5, 0.6) is 11.5 Å². The Hall–Kier alpha value is -2.77. The molecule has 3 atom stereocenters. The molecule has 0 spiro atoms. The third kappa shape index (κ3) is 5.04. The summed E-state index contributed by atoms with van der Waals surface area (Å²) < 4.78 is 15.8. The van der Waals surface area contributed by atoms with Crippen LogP contribution in [0.4, 0.5) is 5.69 Å². The van der Waals surface area contributed by atoms with Gasteiger partial charge >= 0.3 is 5.97 Å². The van der Waals surface area contributed by atoms with Gasteiger partial charge in [0.25, 0.3) is 5.91 Å². The second-order valence-corrected chi connectivity index (χ2v) is 7.99. The molecule has 2 aliphatic rings. The van der Waals surface area contributed by atoms with E-state index < -0.39 is 11.9 Å². The van der Waals surface area contributed by atoms with E-state index in [9.17, 15) is 14.4 Å². The summed E-state index contributed by atoms with van der Waals surface area (Å²) in [6, 6.07) is 5.27. The van der Waals surface area contributed by atoms with Crippen molar-refractivity contribution in [2.24, 2.45) is 11.8 Å². The highest BCUT2D eigenvalue weighted by atomic mass is 16.5. The Bertz CT molecular complexity index is 796. The van der Waals surface area contributed by atoms with E-state index in [-0.39, 0.29) is 37.4 Å². The van der Waals surface area contributed by atoms with Crippen molar-refractivity contribution in [3.63, 3.8) is 0 Å². The summed E-state index contributed by atoms with van der Waals surface area (Å²) in [6.07, 6.45) is 4.38. The Balaban J connectivity index is 1.54. The van der Waals surface area contributed by atoms with Crippen molar-refractivity contribution >= 4 is 23.5 Å². The minimum absolute atomic E-state index is 0.0370. The van der Waals surface area contributed by atoms with Crippen LogP contribution in [0, 0.1) is 11.8 Å². The van der Waals surface area contributed by atoms with Crippen LogP contribution in [0.1, 0.15) is 39.0 Å². The number of benzene rings is 1. The molecule has 3 rings (SSSR count). The lowest BCUT2D eigenvalue weighted by Gasteiger charge is -2.29. The summed E-state index contributed by atoms with van der Waals surface area (Å²) >= 11 is 0. The van der Waals surface area contributed by atoms with E-state index in [0.717, 1.165) is 19.3 Å². The summed E-state index contributed by atoms with van der Waals surface area (Å²) in [4.78, 5) is 38.6. The predicted octanol–water partition coefficient (Wildman–Crippen LogP) is 2.29. The van der Waals surface area contributed by atoms with E-state index in [4.69, 9.17) is 14.2 Å². The third-order valence-electron chi connectivity index (χ3n) is 5.94. The van der Waals surface area contributed by atoms with Crippen molar-refractivity contribution < 1.29 is 28.6 Å². The average molecular weight is 418 g/mol. The number of carbonyl (C=O) groups excluding carboxylic acids is 3. The highest BCUT2D eigenvalue weighted by molar-refractivity contribution is 6.00. The Morgan fingerprint density at radius 3 is 2.63 bits per heavy atom. The van der Waals surface area contributed by atoms with E-state index >= 15 is 0 Å². The minimum Gasteiger partial charge on any atom is -0.497 e. The normalized spacial score (nSPS) is 23.8. The molecule has 0 radical (unpaired) electrons. The van der Waals surface area contributed by atoms with E-state index in [1.807, 2.05) is 0 Å². The molecule has 1 aromatic rings. The first-order valence-corrected chi connectivity index (χ1v) is 10.4. The summed E-state index contributed by atoms with van der Waals surface area (Å²) in [5, 5.41) is 2.96. The van der Waals surface area contributed by atoms with Gasteiger partial charge in [-0.2, -0.15) is 0 Å². The molecule has 1 aliphatic carbocycles. The van der Waals surface area contributed by atoms with Crippen molar-refractivity contribution in [2.75, 3.05) is 32.3 Å². The summed E-state index contributed by atoms with van der Waals surface area (Å²) in [5.41, 5.74) is 0.572. The van der Waals surface area contributed by atoms with Gasteiger partial charge in [0.1, 0.15) is 11.5 Å². The van der Waals surface area contributed by atoms with Crippen molar-refractivity contribution in [2.45, 2.75) is 45.1 Å². The number of carbonyl (C=O) groups is 3. The van der Waals surface area contributed by atoms with Gasteiger partial charge in [0.15, 0.2) is 6.61 Å². The van der Waals surface area contributed by atoms with Crippen LogP contribution in [-0.2, 0) is 19.1 Å². The number of hydrogen-bond acceptors (Lipinski definition) is 6. The zero-order chi connectivity index (χ0) is 21.7. The van der Waals surface area contributed by atoms with Crippen LogP contribution >= 0.6 is 0 Å². The molecule has 2 fully saturated rings. The second-order valence-electron chi connectivity index (χ2n) is 7.99. The number of esters is 1. The lowest BCUT2D eigenvalue weighted by Crippen LogP contribution is -2.43. The number of nitrogens with one attached hydrogen (secondary N) is 1. The fourth-order valence-corrected chi connectivity index (χ4v) is 4.14. The molecule has 1 saturated heterocycles. The zero-order valence-electron chi connectivity index (χ0n) is 17.8. The van der Waals surface area contributed by atoms with E-state index in [2.05, 4.69) is 12.2 Å². The van der Waals surface area contributed by atoms with E-state index in [1.54, 1.807) is 25.3 Å². The number of nitrogens with zero attached hydrogens (tertiary/aromatic N) is 1. The number of amides is 2. The molecule has 1 N–H and O–H groups in total. The lowest BCUT2D eigenvalue weighted by molar-refractivity contribution is -0.152. The molecule has 8 heteroatoms. The Kier molecular flexibility index (Phi) is 7.18. The Morgan fingerprint density at radius 1 is 1.17 bits per heavy atom. The number of methoxy groups -OCH3 is 2. The number of hydrogen-bond donors (Lipinski definition) is 1. The van der Waals surface area contributed by atoms with Crippen molar-refractivity contribution in [3.05, 3.63) is 18.2 Å². The molecule has 2 amide bonds. The van der Waals surface area contributed by atoms with Crippen LogP contribution in [0.2, 0.25) is 0 Å². The van der Waals surface area contributed by atoms with Gasteiger partial charge in [-0.3, -0.25) is 14.4 Å². The number of rotatable bonds is 7. The first-order chi connectivity index (χ1) is 14.4. The van der Waals surface area contributed by atoms with Crippen LogP contribution in [0.25, 0.3) is 0 Å². The topological polar surface area (TPSA) is 94.2 Å². The third-order valence-corrected chi connectivity index (χ3v) is 5.94. The first-order valence-electron chi connectivity index (χ1n) is 10.4. The molecule has 30 heavy (non-hydrogen) atoms. The van der Waals surface area contributed by atoms with E-state index in [1.165, 1.54) is 18.4 Å². The molecule has 0 aromatic heterocycles. The fourth-order valence-electron chi connectivity index (χ4n) is 4.14. The molecule has 1 heterocycles. The first kappa shape index (κ1) is 21.9. The summed E-state index contributed by atoms with van der Waals surface area (Å²) in [5.74, 6) is -0.120. The highest BCUT2D eigenvalue weighted by Gasteiger charge is 2.37. The molecular weight excluding hydrogens is 388 g/mol. The molecular formula is C22H30N2O6. The fraction of sp³-hybridized carbons (Fsp3) is 0.591. The summed E-state index contributed by atoms with van der Waals surface area (Å²) in [7, 11) is 3.06. The largest absolute Gasteiger partial charge is 0.497 e. The standard InChI is InChI=1S/C22H30N2O6/c1-14-6-4-5-7-17(14)23-20(25)13-30-22(27)15-10-21(26)24(12-15)18-9-8-16(28-2)11-19(18)29-3/h8-9,11,14-15,17H,4-7,10,12-13H2,1-3H3,(H,23,25)/t14-,15-,17-/m1/s1. The van der Waals surface area contributed by atoms with Crippen LogP contribution in [0.15, 0.2) is 18.2 Å². The van der Waals surface area contributed by atoms with Crippen LogP contribution in [-0.4, -0.2) is 51.2 Å². The highest BCUT2D eigenvalue weighted by Crippen LogP contribution is 2.36. The lowest BCUT2D eigenvalue weighted by atomic mass is 9.86. The van der Waals surface area contributed by atoms with Gasteiger partial charge in [-0.1, -0.05) is 19.8 Å². The Morgan fingerprint density at radius 2 is 1.93 bits per heavy atom. The monoisotopic (exact) mass is 418 g/mol. The second kappa shape index (κ2) is 9.82. The zero-order valence-corrected chi connectivity index (χ0v) is 17.8. The van der Waals surface area contributed by atoms with Crippen molar-refractivity contribution in [3.8, 4) is 11.5 Å². The number of ether oxygens (including phenoxy) is 3. The van der Waals surface area contributed by atoms with Gasteiger partial charge < -0.3 is 24.4 Å². The SMILES string of the molecule is COc1ccc(N2C[C@H](C(=O)OCC(=O)N[C@@H]3CCCC[C@H]3C)CC2=O)c(OC)c1. The minimum atomic E-state index is -0.620. The van der Waals surface area contributed by atoms with Gasteiger partial charge in [0.05, 0.1) is 25.8 Å². The van der Waals surface area contributed by atoms with Gasteiger partial charge in [0.2, 0.25) is 5.91 Å². The maximum Gasteiger partial charge on any atom is 0.311 e. The van der Waals surface area contributed by atoms with Crippen LogP contribution in [0.3, 0.4) is 0 Å². The molecule has 1 aromatic carbocycles. The molecule has 0 bridgehead atoms. The van der Waals surface area contributed by atoms with Gasteiger partial charge in [-0.15, -0.1) is 0 Å². The molecule has 1 saturated carbocycles. The van der Waals surface area contributed by atoms with Crippen LogP contribution < -0.4 is 19.7 Å². The maximum absolute atomic E-state index is 12.5. The quantitative estimate of drug-likeness (QED) is 0.683. The predicted molar refractivity (Wildman–Crippen MR) is 111 cm³/mol.